The highest BCUT2D eigenvalue weighted by Crippen LogP contribution is 2.19. The van der Waals surface area contributed by atoms with E-state index in [0.29, 0.717) is 29.6 Å². The summed E-state index contributed by atoms with van der Waals surface area (Å²) < 4.78 is 14.9. The number of aryl methyl sites for hydroxylation is 2. The standard InChI is InChI=1S/C24H24FN5O2/c1-29(12-5-8-19-15-22(28-27-19)17-6-4-7-18(25)14-17)23(31)11-13-30-16-26-21-10-3-2-9-20(21)24(30)32/h2-4,6-7,9-10,14-16H,5,8,11-13H2,1H3,(H,27,28). The lowest BCUT2D eigenvalue weighted by molar-refractivity contribution is -0.130. The van der Waals surface area contributed by atoms with E-state index >= 15 is 0 Å². The second-order valence-electron chi connectivity index (χ2n) is 7.72. The summed E-state index contributed by atoms with van der Waals surface area (Å²) in [6.07, 6.45) is 3.19. The highest BCUT2D eigenvalue weighted by molar-refractivity contribution is 5.77. The first kappa shape index (κ1) is 21.4. The highest BCUT2D eigenvalue weighted by atomic mass is 19.1. The fourth-order valence-corrected chi connectivity index (χ4v) is 3.59. The third-order valence-corrected chi connectivity index (χ3v) is 5.41. The molecule has 0 unspecified atom stereocenters. The van der Waals surface area contributed by atoms with E-state index < -0.39 is 0 Å². The molecule has 0 atom stereocenters. The van der Waals surface area contributed by atoms with E-state index in [9.17, 15) is 14.0 Å². The monoisotopic (exact) mass is 433 g/mol. The highest BCUT2D eigenvalue weighted by Gasteiger charge is 2.11. The summed E-state index contributed by atoms with van der Waals surface area (Å²) in [7, 11) is 1.76. The Bertz CT molecular complexity index is 1300. The summed E-state index contributed by atoms with van der Waals surface area (Å²) >= 11 is 0. The van der Waals surface area contributed by atoms with Crippen molar-refractivity contribution >= 4 is 16.8 Å². The van der Waals surface area contributed by atoms with E-state index in [1.54, 1.807) is 36.2 Å². The Morgan fingerprint density at radius 3 is 2.84 bits per heavy atom. The van der Waals surface area contributed by atoms with Gasteiger partial charge in [-0.1, -0.05) is 24.3 Å². The topological polar surface area (TPSA) is 83.9 Å². The van der Waals surface area contributed by atoms with Crippen molar-refractivity contribution in [2.45, 2.75) is 25.8 Å². The molecule has 0 bridgehead atoms. The average Bonchev–Trinajstić information content (AvgIpc) is 3.27. The first-order valence-electron chi connectivity index (χ1n) is 10.5. The normalized spacial score (nSPS) is 11.1. The minimum absolute atomic E-state index is 0.0323. The summed E-state index contributed by atoms with van der Waals surface area (Å²) in [6.45, 7) is 0.870. The molecule has 4 rings (SSSR count). The summed E-state index contributed by atoms with van der Waals surface area (Å²) in [5.41, 5.74) is 2.85. The van der Waals surface area contributed by atoms with Crippen LogP contribution in [-0.2, 0) is 17.8 Å². The van der Waals surface area contributed by atoms with Gasteiger partial charge in [-0.15, -0.1) is 0 Å². The number of carbonyl (C=O) groups excluding carboxylic acids is 1. The molecule has 4 aromatic rings. The van der Waals surface area contributed by atoms with Gasteiger partial charge in [0.15, 0.2) is 0 Å². The number of amides is 1. The zero-order chi connectivity index (χ0) is 22.5. The van der Waals surface area contributed by atoms with Crippen LogP contribution in [0.1, 0.15) is 18.5 Å². The minimum atomic E-state index is -0.297. The number of hydrogen-bond acceptors (Lipinski definition) is 4. The van der Waals surface area contributed by atoms with Crippen molar-refractivity contribution < 1.29 is 9.18 Å². The number of aromatic amines is 1. The fraction of sp³-hybridized carbons (Fsp3) is 0.250. The Morgan fingerprint density at radius 1 is 1.16 bits per heavy atom. The first-order chi connectivity index (χ1) is 15.5. The van der Waals surface area contributed by atoms with Gasteiger partial charge in [0, 0.05) is 37.8 Å². The Hall–Kier alpha value is -3.81. The Balaban J connectivity index is 1.27. The van der Waals surface area contributed by atoms with Crippen molar-refractivity contribution in [1.29, 1.82) is 0 Å². The van der Waals surface area contributed by atoms with Gasteiger partial charge in [-0.3, -0.25) is 19.3 Å². The van der Waals surface area contributed by atoms with Crippen LogP contribution in [-0.4, -0.2) is 44.1 Å². The lowest BCUT2D eigenvalue weighted by atomic mass is 10.1. The number of aromatic nitrogens is 4. The first-order valence-corrected chi connectivity index (χ1v) is 10.5. The Morgan fingerprint density at radius 2 is 2.00 bits per heavy atom. The van der Waals surface area contributed by atoms with E-state index in [-0.39, 0.29) is 30.2 Å². The van der Waals surface area contributed by atoms with Crippen molar-refractivity contribution in [3.63, 3.8) is 0 Å². The molecule has 0 aliphatic heterocycles. The molecule has 0 saturated heterocycles. The van der Waals surface area contributed by atoms with Crippen molar-refractivity contribution in [3.8, 4) is 11.3 Å². The van der Waals surface area contributed by atoms with Gasteiger partial charge in [0.05, 0.1) is 22.9 Å². The van der Waals surface area contributed by atoms with Gasteiger partial charge in [0.25, 0.3) is 5.56 Å². The minimum Gasteiger partial charge on any atom is -0.346 e. The zero-order valence-corrected chi connectivity index (χ0v) is 17.8. The SMILES string of the molecule is CN(CCCc1cc(-c2cccc(F)c2)n[nH]1)C(=O)CCn1cnc2ccccc2c1=O. The largest absolute Gasteiger partial charge is 0.346 e. The molecule has 8 heteroatoms. The second-order valence-corrected chi connectivity index (χ2v) is 7.72. The summed E-state index contributed by atoms with van der Waals surface area (Å²) in [4.78, 5) is 31.0. The smallest absolute Gasteiger partial charge is 0.261 e. The van der Waals surface area contributed by atoms with E-state index in [1.165, 1.54) is 23.0 Å². The van der Waals surface area contributed by atoms with Crippen LogP contribution in [0.25, 0.3) is 22.2 Å². The molecular formula is C24H24FN5O2. The predicted octanol–water partition coefficient (Wildman–Crippen LogP) is 3.41. The fourth-order valence-electron chi connectivity index (χ4n) is 3.59. The van der Waals surface area contributed by atoms with Crippen molar-refractivity contribution in [2.75, 3.05) is 13.6 Å². The van der Waals surface area contributed by atoms with Gasteiger partial charge < -0.3 is 4.90 Å². The molecular weight excluding hydrogens is 409 g/mol. The van der Waals surface area contributed by atoms with Crippen LogP contribution in [0.4, 0.5) is 4.39 Å². The number of halogens is 1. The molecule has 32 heavy (non-hydrogen) atoms. The van der Waals surface area contributed by atoms with Gasteiger partial charge in [-0.25, -0.2) is 9.37 Å². The van der Waals surface area contributed by atoms with E-state index in [4.69, 9.17) is 0 Å². The van der Waals surface area contributed by atoms with E-state index in [2.05, 4.69) is 15.2 Å². The number of para-hydroxylation sites is 1. The molecule has 0 aliphatic rings. The van der Waals surface area contributed by atoms with Gasteiger partial charge in [-0.05, 0) is 43.2 Å². The number of hydrogen-bond donors (Lipinski definition) is 1. The number of carbonyl (C=O) groups is 1. The average molecular weight is 433 g/mol. The molecule has 2 aromatic carbocycles. The lowest BCUT2D eigenvalue weighted by Crippen LogP contribution is -2.30. The quantitative estimate of drug-likeness (QED) is 0.462. The van der Waals surface area contributed by atoms with Crippen molar-refractivity contribution in [2.24, 2.45) is 0 Å². The number of nitrogens with one attached hydrogen (secondary N) is 1. The van der Waals surface area contributed by atoms with Crippen LogP contribution in [0.3, 0.4) is 0 Å². The van der Waals surface area contributed by atoms with Crippen LogP contribution >= 0.6 is 0 Å². The number of H-pyrrole nitrogens is 1. The molecule has 2 aromatic heterocycles. The predicted molar refractivity (Wildman–Crippen MR) is 121 cm³/mol. The van der Waals surface area contributed by atoms with Crippen LogP contribution in [0, 0.1) is 5.82 Å². The molecule has 1 amide bonds. The van der Waals surface area contributed by atoms with Crippen molar-refractivity contribution in [1.82, 2.24) is 24.6 Å². The molecule has 164 valence electrons. The molecule has 0 radical (unpaired) electrons. The Kier molecular flexibility index (Phi) is 6.39. The lowest BCUT2D eigenvalue weighted by Gasteiger charge is -2.17. The number of fused-ring (bicyclic) bond motifs is 1. The van der Waals surface area contributed by atoms with Gasteiger partial charge >= 0.3 is 0 Å². The second kappa shape index (κ2) is 9.55. The summed E-state index contributed by atoms with van der Waals surface area (Å²) in [5, 5.41) is 7.77. The summed E-state index contributed by atoms with van der Waals surface area (Å²) in [6, 6.07) is 15.4. The molecule has 0 aliphatic carbocycles. The third-order valence-electron chi connectivity index (χ3n) is 5.41. The number of rotatable bonds is 8. The zero-order valence-electron chi connectivity index (χ0n) is 17.8. The molecule has 0 saturated carbocycles. The number of benzene rings is 2. The number of nitrogens with zero attached hydrogens (tertiary/aromatic N) is 4. The molecule has 1 N–H and O–H groups in total. The Labute approximate surface area is 184 Å². The van der Waals surface area contributed by atoms with E-state index in [1.807, 2.05) is 18.2 Å². The maximum atomic E-state index is 13.4. The third kappa shape index (κ3) is 4.91. The molecule has 2 heterocycles. The van der Waals surface area contributed by atoms with Crippen molar-refractivity contribution in [3.05, 3.63) is 82.8 Å². The maximum Gasteiger partial charge on any atom is 0.261 e. The van der Waals surface area contributed by atoms with Gasteiger partial charge in [0.2, 0.25) is 5.91 Å². The maximum absolute atomic E-state index is 13.4. The van der Waals surface area contributed by atoms with Crippen LogP contribution in [0.5, 0.6) is 0 Å². The molecule has 7 nitrogen and oxygen atoms in total. The summed E-state index contributed by atoms with van der Waals surface area (Å²) in [5.74, 6) is -0.330. The van der Waals surface area contributed by atoms with Crippen LogP contribution in [0.15, 0.2) is 65.7 Å². The molecule has 0 spiro atoms. The van der Waals surface area contributed by atoms with Crippen LogP contribution in [0.2, 0.25) is 0 Å². The van der Waals surface area contributed by atoms with Crippen LogP contribution < -0.4 is 5.56 Å². The molecule has 0 fully saturated rings. The van der Waals surface area contributed by atoms with Gasteiger partial charge in [0.1, 0.15) is 5.82 Å². The van der Waals surface area contributed by atoms with E-state index in [0.717, 1.165) is 17.7 Å². The van der Waals surface area contributed by atoms with Gasteiger partial charge in [-0.2, -0.15) is 5.10 Å².